The molecule has 0 unspecified atom stereocenters. The van der Waals surface area contributed by atoms with Gasteiger partial charge in [0.1, 0.15) is 5.58 Å². The summed E-state index contributed by atoms with van der Waals surface area (Å²) in [6.07, 6.45) is 2.29. The van der Waals surface area contributed by atoms with Crippen LogP contribution in [0.5, 0.6) is 0 Å². The Morgan fingerprint density at radius 1 is 1.06 bits per heavy atom. The first-order chi connectivity index (χ1) is 16.5. The van der Waals surface area contributed by atoms with Gasteiger partial charge >= 0.3 is 0 Å². The maximum atomic E-state index is 13.0. The predicted molar refractivity (Wildman–Crippen MR) is 140 cm³/mol. The van der Waals surface area contributed by atoms with E-state index >= 15 is 0 Å². The third kappa shape index (κ3) is 5.53. The van der Waals surface area contributed by atoms with E-state index in [9.17, 15) is 9.59 Å². The highest BCUT2D eigenvalue weighted by molar-refractivity contribution is 6.01. The molecule has 35 heavy (non-hydrogen) atoms. The van der Waals surface area contributed by atoms with Crippen molar-refractivity contribution in [1.82, 2.24) is 20.4 Å². The number of hydrogen-bond donors (Lipinski definition) is 2. The van der Waals surface area contributed by atoms with Gasteiger partial charge in [0.25, 0.3) is 11.8 Å². The molecule has 8 heteroatoms. The number of rotatable bonds is 7. The third-order valence-corrected chi connectivity index (χ3v) is 7.02. The Bertz CT molecular complexity index is 1200. The van der Waals surface area contributed by atoms with Crippen molar-refractivity contribution in [1.29, 1.82) is 0 Å². The van der Waals surface area contributed by atoms with Gasteiger partial charge in [0.15, 0.2) is 5.76 Å². The number of fused-ring (bicyclic) bond motifs is 4. The molecule has 3 aliphatic rings. The third-order valence-electron chi connectivity index (χ3n) is 7.02. The normalized spacial score (nSPS) is 21.1. The molecule has 2 bridgehead atoms. The molecule has 0 spiro atoms. The molecule has 6 rings (SSSR count). The van der Waals surface area contributed by atoms with Crippen LogP contribution in [0.2, 0.25) is 0 Å². The monoisotopic (exact) mass is 496 g/mol. The number of benzene rings is 2. The minimum absolute atomic E-state index is 0. The Morgan fingerprint density at radius 2 is 1.83 bits per heavy atom. The molecule has 1 atom stereocenters. The number of para-hydroxylation sites is 1. The average molecular weight is 497 g/mol. The summed E-state index contributed by atoms with van der Waals surface area (Å²) in [6.45, 7) is 4.56. The molecule has 3 fully saturated rings. The summed E-state index contributed by atoms with van der Waals surface area (Å²) in [5, 5.41) is 7.04. The number of furan rings is 1. The lowest BCUT2D eigenvalue weighted by Crippen LogP contribution is -2.57. The van der Waals surface area contributed by atoms with Gasteiger partial charge in [-0.3, -0.25) is 9.59 Å². The summed E-state index contributed by atoms with van der Waals surface area (Å²) in [6, 6.07) is 15.4. The lowest BCUT2D eigenvalue weighted by molar-refractivity contribution is 0.0607. The number of nitrogens with zero attached hydrogens (tertiary/aromatic N) is 2. The van der Waals surface area contributed by atoms with Gasteiger partial charge in [0, 0.05) is 42.2 Å². The number of amides is 2. The fraction of sp³-hybridized carbons (Fsp3) is 0.407. The van der Waals surface area contributed by atoms with E-state index in [-0.39, 0.29) is 30.3 Å². The van der Waals surface area contributed by atoms with Crippen LogP contribution in [0, 0.1) is 5.92 Å². The lowest BCUT2D eigenvalue weighted by atomic mass is 9.84. The molecule has 2 amide bonds. The van der Waals surface area contributed by atoms with Crippen molar-refractivity contribution >= 4 is 35.2 Å². The van der Waals surface area contributed by atoms with Gasteiger partial charge in [0.05, 0.1) is 0 Å². The molecule has 0 saturated carbocycles. The number of carbonyl (C=O) groups is 2. The first-order valence-corrected chi connectivity index (χ1v) is 12.1. The van der Waals surface area contributed by atoms with Gasteiger partial charge in [-0.15, -0.1) is 12.4 Å². The Labute approximate surface area is 212 Å². The Hall–Kier alpha value is -2.87. The fourth-order valence-corrected chi connectivity index (χ4v) is 5.09. The molecule has 0 radical (unpaired) electrons. The second kappa shape index (κ2) is 10.8. The number of piperidine rings is 3. The SMILES string of the molecule is CN(C)CCNC(=O)c1cccc(-c2cccc3cc(C(=O)N[C@H]4CN5CCC4CC5)oc23)c1.Cl. The molecule has 7 nitrogen and oxygen atoms in total. The second-order valence-corrected chi connectivity index (χ2v) is 9.69. The molecule has 1 aromatic heterocycles. The zero-order valence-electron chi connectivity index (χ0n) is 20.3. The van der Waals surface area contributed by atoms with Gasteiger partial charge in [-0.25, -0.2) is 0 Å². The van der Waals surface area contributed by atoms with E-state index < -0.39 is 0 Å². The van der Waals surface area contributed by atoms with Gasteiger partial charge in [-0.2, -0.15) is 0 Å². The average Bonchev–Trinajstić information content (AvgIpc) is 3.29. The molecular formula is C27H33ClN4O3. The van der Waals surface area contributed by atoms with Crippen molar-refractivity contribution in [3.05, 3.63) is 59.9 Å². The predicted octanol–water partition coefficient (Wildman–Crippen LogP) is 3.64. The fourth-order valence-electron chi connectivity index (χ4n) is 5.09. The number of nitrogens with one attached hydrogen (secondary N) is 2. The zero-order valence-corrected chi connectivity index (χ0v) is 21.1. The first kappa shape index (κ1) is 25.2. The van der Waals surface area contributed by atoms with E-state index in [1.54, 1.807) is 0 Å². The van der Waals surface area contributed by atoms with Crippen molar-refractivity contribution in [2.24, 2.45) is 5.92 Å². The second-order valence-electron chi connectivity index (χ2n) is 9.69. The maximum absolute atomic E-state index is 13.0. The van der Waals surface area contributed by atoms with Crippen molar-refractivity contribution < 1.29 is 14.0 Å². The summed E-state index contributed by atoms with van der Waals surface area (Å²) in [5.74, 6) is 0.625. The van der Waals surface area contributed by atoms with Gasteiger partial charge < -0.3 is 24.9 Å². The summed E-state index contributed by atoms with van der Waals surface area (Å²) < 4.78 is 6.10. The van der Waals surface area contributed by atoms with Crippen LogP contribution in [0.1, 0.15) is 33.8 Å². The molecule has 186 valence electrons. The molecule has 2 aromatic carbocycles. The van der Waals surface area contributed by atoms with E-state index in [2.05, 4.69) is 15.5 Å². The minimum Gasteiger partial charge on any atom is -0.450 e. The molecule has 3 aliphatic heterocycles. The van der Waals surface area contributed by atoms with Crippen LogP contribution >= 0.6 is 12.4 Å². The Kier molecular flexibility index (Phi) is 7.79. The van der Waals surface area contributed by atoms with Crippen LogP contribution < -0.4 is 10.6 Å². The van der Waals surface area contributed by atoms with Gasteiger partial charge in [-0.05, 0) is 69.7 Å². The Morgan fingerprint density at radius 3 is 2.54 bits per heavy atom. The topological polar surface area (TPSA) is 77.8 Å². The van der Waals surface area contributed by atoms with Crippen LogP contribution in [0.25, 0.3) is 22.1 Å². The number of halogens is 1. The highest BCUT2D eigenvalue weighted by Crippen LogP contribution is 2.32. The molecule has 2 N–H and O–H groups in total. The number of likely N-dealkylation sites (N-methyl/N-ethyl adjacent to an activating group) is 1. The van der Waals surface area contributed by atoms with Crippen LogP contribution in [-0.2, 0) is 0 Å². The number of hydrogen-bond acceptors (Lipinski definition) is 5. The highest BCUT2D eigenvalue weighted by atomic mass is 35.5. The van der Waals surface area contributed by atoms with E-state index in [1.807, 2.05) is 67.5 Å². The summed E-state index contributed by atoms with van der Waals surface area (Å²) in [7, 11) is 3.95. The summed E-state index contributed by atoms with van der Waals surface area (Å²) in [5.41, 5.74) is 3.00. The molecule has 3 aromatic rings. The smallest absolute Gasteiger partial charge is 0.287 e. The Balaban J connectivity index is 0.00000289. The van der Waals surface area contributed by atoms with Crippen molar-refractivity contribution in [3.8, 4) is 11.1 Å². The number of carbonyl (C=O) groups excluding carboxylic acids is 2. The quantitative estimate of drug-likeness (QED) is 0.522. The van der Waals surface area contributed by atoms with E-state index in [4.69, 9.17) is 4.42 Å². The van der Waals surface area contributed by atoms with E-state index in [0.29, 0.717) is 29.4 Å². The van der Waals surface area contributed by atoms with Crippen molar-refractivity contribution in [3.63, 3.8) is 0 Å². The molecule has 3 saturated heterocycles. The molecular weight excluding hydrogens is 464 g/mol. The zero-order chi connectivity index (χ0) is 23.7. The van der Waals surface area contributed by atoms with Gasteiger partial charge in [-0.1, -0.05) is 30.3 Å². The standard InChI is InChI=1S/C27H32N4O3.ClH/c1-30(2)14-11-28-26(32)21-7-3-5-19(15-21)22-8-4-6-20-16-24(34-25(20)22)27(33)29-23-17-31-12-9-18(23)10-13-31;/h3-8,15-16,18,23H,9-14,17H2,1-2H3,(H,28,32)(H,29,33);1H/t23-;/m0./s1. The van der Waals surface area contributed by atoms with Crippen LogP contribution in [0.4, 0.5) is 0 Å². The van der Waals surface area contributed by atoms with Crippen molar-refractivity contribution in [2.75, 3.05) is 46.8 Å². The van der Waals surface area contributed by atoms with Crippen LogP contribution in [-0.4, -0.2) is 74.5 Å². The molecule has 4 heterocycles. The maximum Gasteiger partial charge on any atom is 0.287 e. The molecule has 0 aliphatic carbocycles. The van der Waals surface area contributed by atoms with E-state index in [1.165, 1.54) is 0 Å². The van der Waals surface area contributed by atoms with Crippen LogP contribution in [0.3, 0.4) is 0 Å². The van der Waals surface area contributed by atoms with Gasteiger partial charge in [0.2, 0.25) is 0 Å². The largest absolute Gasteiger partial charge is 0.450 e. The summed E-state index contributed by atoms with van der Waals surface area (Å²) >= 11 is 0. The lowest BCUT2D eigenvalue weighted by Gasteiger charge is -2.44. The van der Waals surface area contributed by atoms with Crippen LogP contribution in [0.15, 0.2) is 52.9 Å². The highest BCUT2D eigenvalue weighted by Gasteiger charge is 2.35. The first-order valence-electron chi connectivity index (χ1n) is 12.1. The summed E-state index contributed by atoms with van der Waals surface area (Å²) in [4.78, 5) is 30.1. The van der Waals surface area contributed by atoms with E-state index in [0.717, 1.165) is 55.5 Å². The minimum atomic E-state index is -0.157. The van der Waals surface area contributed by atoms with Crippen molar-refractivity contribution in [2.45, 2.75) is 18.9 Å².